The van der Waals surface area contributed by atoms with Crippen molar-refractivity contribution in [3.8, 4) is 5.75 Å². The minimum absolute atomic E-state index is 0.161. The van der Waals surface area contributed by atoms with Gasteiger partial charge in [-0.2, -0.15) is 5.10 Å². The van der Waals surface area contributed by atoms with Crippen LogP contribution < -0.4 is 15.4 Å². The van der Waals surface area contributed by atoms with Crippen LogP contribution in [0.15, 0.2) is 30.7 Å². The molecule has 0 bridgehead atoms. The largest absolute Gasteiger partial charge is 0.490 e. The number of amides is 1. The van der Waals surface area contributed by atoms with Crippen LogP contribution in [0.25, 0.3) is 16.6 Å². The number of benzene rings is 1. The van der Waals surface area contributed by atoms with Crippen LogP contribution in [-0.4, -0.2) is 49.2 Å². The van der Waals surface area contributed by atoms with Gasteiger partial charge in [0.25, 0.3) is 5.91 Å². The lowest BCUT2D eigenvalue weighted by Gasteiger charge is -2.15. The number of rotatable bonds is 5. The fraction of sp³-hybridized carbons (Fsp3) is 0.391. The number of imidazole rings is 1. The molecule has 2 N–H and O–H groups in total. The molecule has 3 heterocycles. The number of nitrogens with one attached hydrogen (secondary N) is 2. The molecular weight excluding hydrogens is 406 g/mol. The van der Waals surface area contributed by atoms with Gasteiger partial charge in [-0.05, 0) is 52.3 Å². The number of aryl methyl sites for hydroxylation is 3. The average molecular weight is 434 g/mol. The first kappa shape index (κ1) is 20.4. The van der Waals surface area contributed by atoms with Crippen LogP contribution in [0.2, 0.25) is 0 Å². The molecule has 1 aliphatic rings. The summed E-state index contributed by atoms with van der Waals surface area (Å²) in [5.74, 6) is 0.970. The Hall–Kier alpha value is -3.46. The van der Waals surface area contributed by atoms with E-state index in [0.717, 1.165) is 41.8 Å². The smallest absolute Gasteiger partial charge is 0.259 e. The SMILES string of the molecule is CNC1CCC(Oc2ccc(C(=O)Nc3cn4cc(C)nc(C)c4n3)c3nn(C)cc23)C1. The highest BCUT2D eigenvalue weighted by Crippen LogP contribution is 2.32. The highest BCUT2D eigenvalue weighted by molar-refractivity contribution is 6.12. The third-order valence-electron chi connectivity index (χ3n) is 6.05. The number of fused-ring (bicyclic) bond motifs is 2. The van der Waals surface area contributed by atoms with Gasteiger partial charge in [0.2, 0.25) is 0 Å². The molecule has 3 aromatic heterocycles. The van der Waals surface area contributed by atoms with Crippen LogP contribution >= 0.6 is 0 Å². The summed E-state index contributed by atoms with van der Waals surface area (Å²) in [5, 5.41) is 11.6. The van der Waals surface area contributed by atoms with E-state index in [0.29, 0.717) is 28.6 Å². The molecule has 0 radical (unpaired) electrons. The van der Waals surface area contributed by atoms with E-state index in [1.54, 1.807) is 16.9 Å². The first-order valence-corrected chi connectivity index (χ1v) is 10.9. The molecule has 1 fully saturated rings. The predicted molar refractivity (Wildman–Crippen MR) is 122 cm³/mol. The Bertz CT molecular complexity index is 1320. The maximum absolute atomic E-state index is 13.1. The zero-order chi connectivity index (χ0) is 22.4. The Morgan fingerprint density at radius 2 is 2.00 bits per heavy atom. The fourth-order valence-corrected chi connectivity index (χ4v) is 4.52. The van der Waals surface area contributed by atoms with Crippen molar-refractivity contribution in [2.45, 2.75) is 45.3 Å². The Morgan fingerprint density at radius 3 is 2.78 bits per heavy atom. The minimum atomic E-state index is -0.262. The van der Waals surface area contributed by atoms with Gasteiger partial charge in [-0.1, -0.05) is 0 Å². The molecule has 9 heteroatoms. The third kappa shape index (κ3) is 3.69. The quantitative estimate of drug-likeness (QED) is 0.502. The second kappa shape index (κ2) is 7.90. The van der Waals surface area contributed by atoms with Gasteiger partial charge >= 0.3 is 0 Å². The van der Waals surface area contributed by atoms with Gasteiger partial charge in [-0.25, -0.2) is 4.98 Å². The zero-order valence-corrected chi connectivity index (χ0v) is 18.7. The van der Waals surface area contributed by atoms with Gasteiger partial charge in [0.15, 0.2) is 11.5 Å². The molecule has 0 spiro atoms. The van der Waals surface area contributed by atoms with Crippen molar-refractivity contribution in [2.24, 2.45) is 7.05 Å². The third-order valence-corrected chi connectivity index (χ3v) is 6.05. The number of anilines is 1. The highest BCUT2D eigenvalue weighted by atomic mass is 16.5. The van der Waals surface area contributed by atoms with E-state index in [9.17, 15) is 4.79 Å². The summed E-state index contributed by atoms with van der Waals surface area (Å²) in [5.41, 5.74) is 3.51. The molecule has 1 aromatic carbocycles. The Balaban J connectivity index is 1.43. The van der Waals surface area contributed by atoms with E-state index in [1.807, 2.05) is 50.8 Å². The number of nitrogens with zero attached hydrogens (tertiary/aromatic N) is 5. The molecule has 4 aromatic rings. The molecule has 1 saturated carbocycles. The van der Waals surface area contributed by atoms with Gasteiger partial charge in [0.1, 0.15) is 17.4 Å². The highest BCUT2D eigenvalue weighted by Gasteiger charge is 2.26. The fourth-order valence-electron chi connectivity index (χ4n) is 4.52. The number of carbonyl (C=O) groups is 1. The normalized spacial score (nSPS) is 18.5. The average Bonchev–Trinajstić information content (AvgIpc) is 3.46. The monoisotopic (exact) mass is 433 g/mol. The van der Waals surface area contributed by atoms with E-state index >= 15 is 0 Å². The maximum atomic E-state index is 13.1. The molecule has 32 heavy (non-hydrogen) atoms. The van der Waals surface area contributed by atoms with Crippen molar-refractivity contribution >= 4 is 28.3 Å². The minimum Gasteiger partial charge on any atom is -0.490 e. The lowest BCUT2D eigenvalue weighted by atomic mass is 10.1. The summed E-state index contributed by atoms with van der Waals surface area (Å²) < 4.78 is 9.89. The summed E-state index contributed by atoms with van der Waals surface area (Å²) in [4.78, 5) is 22.1. The molecule has 5 rings (SSSR count). The Morgan fingerprint density at radius 1 is 1.16 bits per heavy atom. The number of hydrogen-bond donors (Lipinski definition) is 2. The van der Waals surface area contributed by atoms with Crippen LogP contribution in [0, 0.1) is 13.8 Å². The van der Waals surface area contributed by atoms with Crippen LogP contribution in [0.5, 0.6) is 5.75 Å². The predicted octanol–water partition coefficient (Wildman–Crippen LogP) is 3.00. The summed E-state index contributed by atoms with van der Waals surface area (Å²) in [6.45, 7) is 3.83. The molecule has 0 aliphatic heterocycles. The first-order valence-electron chi connectivity index (χ1n) is 10.9. The number of ether oxygens (including phenoxy) is 1. The number of hydrogen-bond acceptors (Lipinski definition) is 6. The van der Waals surface area contributed by atoms with Crippen molar-refractivity contribution in [3.05, 3.63) is 47.7 Å². The van der Waals surface area contributed by atoms with E-state index in [4.69, 9.17) is 4.74 Å². The summed E-state index contributed by atoms with van der Waals surface area (Å²) in [7, 11) is 3.83. The van der Waals surface area contributed by atoms with Gasteiger partial charge in [0.05, 0.1) is 28.5 Å². The molecule has 2 atom stereocenters. The van der Waals surface area contributed by atoms with Gasteiger partial charge < -0.3 is 19.8 Å². The second-order valence-electron chi connectivity index (χ2n) is 8.49. The molecular formula is C23H27N7O2. The van der Waals surface area contributed by atoms with Gasteiger partial charge in [0, 0.05) is 25.5 Å². The summed E-state index contributed by atoms with van der Waals surface area (Å²) in [6.07, 6.45) is 8.82. The maximum Gasteiger partial charge on any atom is 0.259 e. The van der Waals surface area contributed by atoms with Crippen molar-refractivity contribution < 1.29 is 9.53 Å². The molecule has 1 amide bonds. The van der Waals surface area contributed by atoms with Crippen LogP contribution in [0.4, 0.5) is 5.82 Å². The lowest BCUT2D eigenvalue weighted by Crippen LogP contribution is -2.23. The van der Waals surface area contributed by atoms with Crippen molar-refractivity contribution in [2.75, 3.05) is 12.4 Å². The summed E-state index contributed by atoms with van der Waals surface area (Å²) >= 11 is 0. The second-order valence-corrected chi connectivity index (χ2v) is 8.49. The molecule has 1 aliphatic carbocycles. The van der Waals surface area contributed by atoms with Crippen LogP contribution in [-0.2, 0) is 7.05 Å². The lowest BCUT2D eigenvalue weighted by molar-refractivity contribution is 0.102. The molecule has 2 unspecified atom stereocenters. The molecule has 9 nitrogen and oxygen atoms in total. The van der Waals surface area contributed by atoms with Crippen molar-refractivity contribution in [1.29, 1.82) is 0 Å². The van der Waals surface area contributed by atoms with E-state index in [1.165, 1.54) is 0 Å². The van der Waals surface area contributed by atoms with Crippen LogP contribution in [0.3, 0.4) is 0 Å². The standard InChI is InChI=1S/C23H27N7O2/c1-13-10-30-12-20(26-22(30)14(2)25-13)27-23(31)17-7-8-19(18-11-29(4)28-21(17)18)32-16-6-5-15(9-16)24-3/h7-8,10-12,15-16,24H,5-6,9H2,1-4H3,(H,27,31). The Kier molecular flexibility index (Phi) is 5.05. The number of carbonyl (C=O) groups excluding carboxylic acids is 1. The number of aromatic nitrogens is 5. The Labute approximate surface area is 185 Å². The van der Waals surface area contributed by atoms with E-state index in [2.05, 4.69) is 25.7 Å². The first-order chi connectivity index (χ1) is 15.4. The van der Waals surface area contributed by atoms with Gasteiger partial charge in [-0.3, -0.25) is 14.5 Å². The zero-order valence-electron chi connectivity index (χ0n) is 18.7. The van der Waals surface area contributed by atoms with E-state index < -0.39 is 0 Å². The van der Waals surface area contributed by atoms with Crippen LogP contribution in [0.1, 0.15) is 41.0 Å². The van der Waals surface area contributed by atoms with Crippen molar-refractivity contribution in [3.63, 3.8) is 0 Å². The van der Waals surface area contributed by atoms with Crippen molar-refractivity contribution in [1.82, 2.24) is 29.5 Å². The summed E-state index contributed by atoms with van der Waals surface area (Å²) in [6, 6.07) is 4.13. The van der Waals surface area contributed by atoms with Gasteiger partial charge in [-0.15, -0.1) is 0 Å². The molecule has 166 valence electrons. The van der Waals surface area contributed by atoms with E-state index in [-0.39, 0.29) is 12.0 Å². The molecule has 0 saturated heterocycles. The topological polar surface area (TPSA) is 98.4 Å².